The van der Waals surface area contributed by atoms with Gasteiger partial charge in [0.1, 0.15) is 6.54 Å². The van der Waals surface area contributed by atoms with Crippen LogP contribution in [0.3, 0.4) is 0 Å². The Kier molecular flexibility index (Phi) is 4.10. The fourth-order valence-electron chi connectivity index (χ4n) is 2.32. The lowest BCUT2D eigenvalue weighted by molar-refractivity contribution is -0.132. The second-order valence-corrected chi connectivity index (χ2v) is 5.98. The van der Waals surface area contributed by atoms with Crippen LogP contribution in [0.5, 0.6) is 0 Å². The highest BCUT2D eigenvalue weighted by atomic mass is 32.2. The van der Waals surface area contributed by atoms with E-state index < -0.39 is 0 Å². The molecule has 4 nitrogen and oxygen atoms in total. The predicted octanol–water partition coefficient (Wildman–Crippen LogP) is 1.99. The number of hydrogen-bond donors (Lipinski definition) is 1. The molecule has 1 saturated heterocycles. The van der Waals surface area contributed by atoms with Crippen LogP contribution in [0.2, 0.25) is 0 Å². The number of carbonyl (C=O) groups is 2. The van der Waals surface area contributed by atoms with Crippen LogP contribution in [0.4, 0.5) is 0 Å². The molecule has 108 valence electrons. The minimum Gasteiger partial charge on any atom is -0.350 e. The molecule has 0 aliphatic carbocycles. The quantitative estimate of drug-likeness (QED) is 0.939. The minimum atomic E-state index is -0.112. The van der Waals surface area contributed by atoms with E-state index in [4.69, 9.17) is 0 Å². The lowest BCUT2D eigenvalue weighted by atomic mass is 10.1. The Labute approximate surface area is 127 Å². The molecule has 2 amide bonds. The zero-order chi connectivity index (χ0) is 14.7. The summed E-state index contributed by atoms with van der Waals surface area (Å²) >= 11 is 1.54. The Hall–Kier alpha value is -2.01. The van der Waals surface area contributed by atoms with Crippen molar-refractivity contribution in [3.63, 3.8) is 0 Å². The minimum absolute atomic E-state index is 0.0425. The Morgan fingerprint density at radius 1 is 1.19 bits per heavy atom. The lowest BCUT2D eigenvalue weighted by Gasteiger charge is -2.14. The maximum Gasteiger partial charge on any atom is 0.239 e. The van der Waals surface area contributed by atoms with Crippen LogP contribution in [0.25, 0.3) is 10.8 Å². The standard InChI is InChI=1S/C16H16N2O2S/c19-15(9-18-11-21-10-16(18)20)17-8-12-5-6-13-3-1-2-4-14(13)7-12/h1-7H,8-11H2,(H,17,19). The highest BCUT2D eigenvalue weighted by Gasteiger charge is 2.22. The molecule has 5 heteroatoms. The van der Waals surface area contributed by atoms with Gasteiger partial charge in [-0.2, -0.15) is 0 Å². The van der Waals surface area contributed by atoms with Crippen molar-refractivity contribution in [3.05, 3.63) is 48.0 Å². The summed E-state index contributed by atoms with van der Waals surface area (Å²) in [5.41, 5.74) is 1.06. The third-order valence-corrected chi connectivity index (χ3v) is 4.41. The zero-order valence-electron chi connectivity index (χ0n) is 11.5. The predicted molar refractivity (Wildman–Crippen MR) is 84.8 cm³/mol. The summed E-state index contributed by atoms with van der Waals surface area (Å²) in [6.45, 7) is 0.637. The van der Waals surface area contributed by atoms with Gasteiger partial charge in [-0.1, -0.05) is 36.4 Å². The Morgan fingerprint density at radius 3 is 2.76 bits per heavy atom. The molecule has 3 rings (SSSR count). The largest absolute Gasteiger partial charge is 0.350 e. The van der Waals surface area contributed by atoms with Crippen molar-refractivity contribution in [1.29, 1.82) is 0 Å². The number of rotatable bonds is 4. The summed E-state index contributed by atoms with van der Waals surface area (Å²) < 4.78 is 0. The second kappa shape index (κ2) is 6.18. The first-order valence-electron chi connectivity index (χ1n) is 6.82. The normalized spacial score (nSPS) is 14.7. The first kappa shape index (κ1) is 13.9. The van der Waals surface area contributed by atoms with Crippen molar-refractivity contribution < 1.29 is 9.59 Å². The molecule has 0 radical (unpaired) electrons. The average molecular weight is 300 g/mol. The molecule has 1 heterocycles. The van der Waals surface area contributed by atoms with Crippen LogP contribution >= 0.6 is 11.8 Å². The van der Waals surface area contributed by atoms with Gasteiger partial charge in [-0.15, -0.1) is 11.8 Å². The lowest BCUT2D eigenvalue weighted by Crippen LogP contribution is -2.37. The molecular weight excluding hydrogens is 284 g/mol. The molecule has 0 spiro atoms. The molecular formula is C16H16N2O2S. The molecule has 1 aliphatic heterocycles. The van der Waals surface area contributed by atoms with Gasteiger partial charge >= 0.3 is 0 Å². The summed E-state index contributed by atoms with van der Waals surface area (Å²) in [4.78, 5) is 24.9. The zero-order valence-corrected chi connectivity index (χ0v) is 12.4. The van der Waals surface area contributed by atoms with E-state index in [0.29, 0.717) is 18.2 Å². The summed E-state index contributed by atoms with van der Waals surface area (Å²) in [5.74, 6) is 1.03. The first-order chi connectivity index (χ1) is 10.2. The first-order valence-corrected chi connectivity index (χ1v) is 7.98. The molecule has 0 atom stereocenters. The maximum atomic E-state index is 11.9. The van der Waals surface area contributed by atoms with Crippen LogP contribution in [-0.4, -0.2) is 34.9 Å². The average Bonchev–Trinajstić information content (AvgIpc) is 2.90. The van der Waals surface area contributed by atoms with Crippen LogP contribution in [0, 0.1) is 0 Å². The van der Waals surface area contributed by atoms with Crippen molar-refractivity contribution >= 4 is 34.3 Å². The highest BCUT2D eigenvalue weighted by molar-refractivity contribution is 8.00. The molecule has 0 aromatic heterocycles. The number of fused-ring (bicyclic) bond motifs is 1. The van der Waals surface area contributed by atoms with Gasteiger partial charge in [-0.05, 0) is 22.4 Å². The molecule has 0 bridgehead atoms. The number of nitrogens with zero attached hydrogens (tertiary/aromatic N) is 1. The highest BCUT2D eigenvalue weighted by Crippen LogP contribution is 2.16. The number of amides is 2. The molecule has 1 aliphatic rings. The van der Waals surface area contributed by atoms with Crippen molar-refractivity contribution in [3.8, 4) is 0 Å². The number of carbonyl (C=O) groups excluding carboxylic acids is 2. The molecule has 0 unspecified atom stereocenters. The van der Waals surface area contributed by atoms with Gasteiger partial charge in [0.15, 0.2) is 0 Å². The van der Waals surface area contributed by atoms with Crippen molar-refractivity contribution in [1.82, 2.24) is 10.2 Å². The van der Waals surface area contributed by atoms with Crippen molar-refractivity contribution in [2.24, 2.45) is 0 Å². The number of hydrogen-bond acceptors (Lipinski definition) is 3. The van der Waals surface area contributed by atoms with Gasteiger partial charge in [0.2, 0.25) is 11.8 Å². The summed E-state index contributed by atoms with van der Waals surface area (Å²) in [6.07, 6.45) is 0. The molecule has 2 aromatic rings. The van der Waals surface area contributed by atoms with Gasteiger partial charge in [0.05, 0.1) is 11.6 Å². The fraction of sp³-hybridized carbons (Fsp3) is 0.250. The van der Waals surface area contributed by atoms with Gasteiger partial charge in [-0.25, -0.2) is 0 Å². The summed E-state index contributed by atoms with van der Waals surface area (Å²) in [7, 11) is 0. The monoisotopic (exact) mass is 300 g/mol. The topological polar surface area (TPSA) is 49.4 Å². The van der Waals surface area contributed by atoms with Crippen LogP contribution in [0.1, 0.15) is 5.56 Å². The van der Waals surface area contributed by atoms with Crippen molar-refractivity contribution in [2.45, 2.75) is 6.54 Å². The number of benzene rings is 2. The SMILES string of the molecule is O=C(CN1CSCC1=O)NCc1ccc2ccccc2c1. The third-order valence-electron chi connectivity index (χ3n) is 3.46. The van der Waals surface area contributed by atoms with Gasteiger partial charge < -0.3 is 10.2 Å². The molecule has 1 fully saturated rings. The van der Waals surface area contributed by atoms with E-state index in [2.05, 4.69) is 29.6 Å². The van der Waals surface area contributed by atoms with E-state index in [0.717, 1.165) is 10.9 Å². The summed E-state index contributed by atoms with van der Waals surface area (Å²) in [5, 5.41) is 5.22. The Balaban J connectivity index is 1.58. The number of nitrogens with one attached hydrogen (secondary N) is 1. The molecule has 1 N–H and O–H groups in total. The van der Waals surface area contributed by atoms with E-state index in [-0.39, 0.29) is 18.4 Å². The number of thioether (sulfide) groups is 1. The van der Waals surface area contributed by atoms with E-state index in [1.54, 1.807) is 16.7 Å². The third kappa shape index (κ3) is 3.36. The smallest absolute Gasteiger partial charge is 0.239 e. The molecule has 0 saturated carbocycles. The van der Waals surface area contributed by atoms with E-state index in [1.165, 1.54) is 5.39 Å². The van der Waals surface area contributed by atoms with E-state index >= 15 is 0 Å². The second-order valence-electron chi connectivity index (χ2n) is 5.03. The van der Waals surface area contributed by atoms with Crippen LogP contribution in [0.15, 0.2) is 42.5 Å². The van der Waals surface area contributed by atoms with Crippen molar-refractivity contribution in [2.75, 3.05) is 18.2 Å². The Bertz CT molecular complexity index is 687. The van der Waals surface area contributed by atoms with E-state index in [9.17, 15) is 9.59 Å². The van der Waals surface area contributed by atoms with Crippen LogP contribution in [-0.2, 0) is 16.1 Å². The molecule has 21 heavy (non-hydrogen) atoms. The van der Waals surface area contributed by atoms with Gasteiger partial charge in [-0.3, -0.25) is 9.59 Å². The Morgan fingerprint density at radius 2 is 2.00 bits per heavy atom. The van der Waals surface area contributed by atoms with Gasteiger partial charge in [0, 0.05) is 6.54 Å². The van der Waals surface area contributed by atoms with Gasteiger partial charge in [0.25, 0.3) is 0 Å². The molecule has 2 aromatic carbocycles. The fourth-order valence-corrected chi connectivity index (χ4v) is 3.22. The van der Waals surface area contributed by atoms with E-state index in [1.807, 2.05) is 18.2 Å². The summed E-state index contributed by atoms with van der Waals surface area (Å²) in [6, 6.07) is 14.3. The van der Waals surface area contributed by atoms with Crippen LogP contribution < -0.4 is 5.32 Å². The maximum absolute atomic E-state index is 11.9.